The van der Waals surface area contributed by atoms with Gasteiger partial charge in [-0.1, -0.05) is 17.3 Å². The van der Waals surface area contributed by atoms with Crippen LogP contribution in [0.5, 0.6) is 0 Å². The molecule has 0 spiro atoms. The van der Waals surface area contributed by atoms with Gasteiger partial charge >= 0.3 is 0 Å². The number of hydrogen-bond acceptors (Lipinski definition) is 7. The third-order valence-electron chi connectivity index (χ3n) is 3.85. The van der Waals surface area contributed by atoms with Crippen molar-refractivity contribution >= 4 is 0 Å². The molecule has 3 aromatic heterocycles. The molecule has 3 heterocycles. The van der Waals surface area contributed by atoms with Crippen molar-refractivity contribution in [2.75, 3.05) is 0 Å². The van der Waals surface area contributed by atoms with E-state index in [4.69, 9.17) is 8.94 Å². The van der Waals surface area contributed by atoms with Crippen LogP contribution in [0.3, 0.4) is 0 Å². The molecule has 1 unspecified atom stereocenters. The molecule has 1 atom stereocenters. The number of nitrogens with one attached hydrogen (secondary N) is 1. The van der Waals surface area contributed by atoms with Crippen LogP contribution in [-0.2, 0) is 6.54 Å². The zero-order valence-corrected chi connectivity index (χ0v) is 13.5. The van der Waals surface area contributed by atoms with Crippen molar-refractivity contribution in [3.05, 3.63) is 66.8 Å². The Bertz CT molecular complexity index is 913. The Balaban J connectivity index is 1.38. The quantitative estimate of drug-likeness (QED) is 0.578. The van der Waals surface area contributed by atoms with E-state index in [9.17, 15) is 0 Å². The maximum Gasteiger partial charge on any atom is 0.241 e. The van der Waals surface area contributed by atoms with Gasteiger partial charge in [-0.25, -0.2) is 9.67 Å². The lowest BCUT2D eigenvalue weighted by atomic mass is 10.1. The van der Waals surface area contributed by atoms with Gasteiger partial charge in [0.15, 0.2) is 5.76 Å². The molecule has 0 saturated carbocycles. The largest absolute Gasteiger partial charge is 0.461 e. The summed E-state index contributed by atoms with van der Waals surface area (Å²) in [4.78, 5) is 8.26. The standard InChI is InChI=1S/C17H16N6O2/c1-12(13-4-6-14(7-5-13)23-11-18-10-20-23)19-9-16-21-17(22-25-16)15-3-2-8-24-15/h2-8,10-12,19H,9H2,1H3. The predicted octanol–water partition coefficient (Wildman–Crippen LogP) is 2.76. The Morgan fingerprint density at radius 1 is 1.20 bits per heavy atom. The molecule has 0 saturated heterocycles. The van der Waals surface area contributed by atoms with Gasteiger partial charge in [0.05, 0.1) is 18.5 Å². The van der Waals surface area contributed by atoms with E-state index >= 15 is 0 Å². The molecule has 0 amide bonds. The fraction of sp³-hybridized carbons (Fsp3) is 0.176. The van der Waals surface area contributed by atoms with E-state index in [0.717, 1.165) is 11.3 Å². The van der Waals surface area contributed by atoms with Gasteiger partial charge in [0.25, 0.3) is 0 Å². The minimum Gasteiger partial charge on any atom is -0.461 e. The highest BCUT2D eigenvalue weighted by atomic mass is 16.5. The summed E-state index contributed by atoms with van der Waals surface area (Å²) in [6.45, 7) is 2.55. The normalized spacial score (nSPS) is 12.4. The summed E-state index contributed by atoms with van der Waals surface area (Å²) in [7, 11) is 0. The van der Waals surface area contributed by atoms with Gasteiger partial charge in [0, 0.05) is 6.04 Å². The molecule has 4 rings (SSSR count). The number of furan rings is 1. The van der Waals surface area contributed by atoms with Gasteiger partial charge in [-0.15, -0.1) is 0 Å². The Hall–Kier alpha value is -3.26. The summed E-state index contributed by atoms with van der Waals surface area (Å²) >= 11 is 0. The lowest BCUT2D eigenvalue weighted by Crippen LogP contribution is -2.18. The van der Waals surface area contributed by atoms with Gasteiger partial charge in [-0.05, 0) is 36.8 Å². The fourth-order valence-corrected chi connectivity index (χ4v) is 2.45. The molecule has 8 nitrogen and oxygen atoms in total. The molecule has 1 N–H and O–H groups in total. The Morgan fingerprint density at radius 2 is 2.08 bits per heavy atom. The van der Waals surface area contributed by atoms with Crippen molar-refractivity contribution in [2.45, 2.75) is 19.5 Å². The van der Waals surface area contributed by atoms with Crippen LogP contribution in [0.15, 0.2) is 64.3 Å². The van der Waals surface area contributed by atoms with E-state index in [-0.39, 0.29) is 6.04 Å². The third kappa shape index (κ3) is 3.33. The van der Waals surface area contributed by atoms with Crippen molar-refractivity contribution in [2.24, 2.45) is 0 Å². The van der Waals surface area contributed by atoms with Crippen molar-refractivity contribution < 1.29 is 8.94 Å². The van der Waals surface area contributed by atoms with E-state index in [2.05, 4.69) is 44.6 Å². The van der Waals surface area contributed by atoms with Crippen LogP contribution in [0.25, 0.3) is 17.3 Å². The minimum atomic E-state index is 0.128. The van der Waals surface area contributed by atoms with Crippen LogP contribution in [0, 0.1) is 0 Å². The first-order valence-corrected chi connectivity index (χ1v) is 7.84. The van der Waals surface area contributed by atoms with E-state index < -0.39 is 0 Å². The maximum absolute atomic E-state index is 5.25. The second-order valence-corrected chi connectivity index (χ2v) is 5.52. The molecule has 0 radical (unpaired) electrons. The van der Waals surface area contributed by atoms with Crippen molar-refractivity contribution in [1.29, 1.82) is 0 Å². The summed E-state index contributed by atoms with van der Waals surface area (Å²) in [5.41, 5.74) is 2.11. The second kappa shape index (κ2) is 6.70. The molecule has 0 aliphatic rings. The Labute approximate surface area is 143 Å². The molecule has 4 aromatic rings. The summed E-state index contributed by atoms with van der Waals surface area (Å²) in [5, 5.41) is 11.4. The van der Waals surface area contributed by atoms with Crippen molar-refractivity contribution in [1.82, 2.24) is 30.2 Å². The third-order valence-corrected chi connectivity index (χ3v) is 3.85. The van der Waals surface area contributed by atoms with Gasteiger partial charge in [0.2, 0.25) is 11.7 Å². The molecule has 25 heavy (non-hydrogen) atoms. The molecule has 0 aliphatic heterocycles. The first kappa shape index (κ1) is 15.3. The van der Waals surface area contributed by atoms with Crippen LogP contribution in [0.1, 0.15) is 24.4 Å². The Kier molecular flexibility index (Phi) is 4.09. The summed E-state index contributed by atoms with van der Waals surface area (Å²) < 4.78 is 12.2. The smallest absolute Gasteiger partial charge is 0.241 e. The average Bonchev–Trinajstić information content (AvgIpc) is 3.42. The fourth-order valence-electron chi connectivity index (χ4n) is 2.45. The number of hydrogen-bond donors (Lipinski definition) is 1. The number of nitrogens with zero attached hydrogens (tertiary/aromatic N) is 5. The van der Waals surface area contributed by atoms with E-state index in [1.54, 1.807) is 29.4 Å². The summed E-state index contributed by atoms with van der Waals surface area (Å²) in [6.07, 6.45) is 4.76. The highest BCUT2D eigenvalue weighted by molar-refractivity contribution is 5.44. The maximum atomic E-state index is 5.25. The topological polar surface area (TPSA) is 94.8 Å². The molecule has 0 aliphatic carbocycles. The number of benzene rings is 1. The van der Waals surface area contributed by atoms with E-state index in [1.807, 2.05) is 12.1 Å². The van der Waals surface area contributed by atoms with Crippen molar-refractivity contribution in [3.63, 3.8) is 0 Å². The lowest BCUT2D eigenvalue weighted by molar-refractivity contribution is 0.360. The van der Waals surface area contributed by atoms with Crippen molar-refractivity contribution in [3.8, 4) is 17.3 Å². The average molecular weight is 336 g/mol. The molecule has 1 aromatic carbocycles. The van der Waals surface area contributed by atoms with Crippen LogP contribution in [-0.4, -0.2) is 24.9 Å². The molecular weight excluding hydrogens is 320 g/mol. The molecule has 126 valence electrons. The first-order chi connectivity index (χ1) is 12.3. The second-order valence-electron chi connectivity index (χ2n) is 5.52. The van der Waals surface area contributed by atoms with Gasteiger partial charge in [-0.3, -0.25) is 0 Å². The van der Waals surface area contributed by atoms with Crippen LogP contribution < -0.4 is 5.32 Å². The zero-order valence-electron chi connectivity index (χ0n) is 13.5. The van der Waals surface area contributed by atoms with E-state index in [0.29, 0.717) is 24.0 Å². The zero-order chi connectivity index (χ0) is 17.1. The Morgan fingerprint density at radius 3 is 2.80 bits per heavy atom. The van der Waals surface area contributed by atoms with E-state index in [1.165, 1.54) is 6.33 Å². The van der Waals surface area contributed by atoms with Crippen LogP contribution in [0.4, 0.5) is 0 Å². The lowest BCUT2D eigenvalue weighted by Gasteiger charge is -2.13. The van der Waals surface area contributed by atoms with Crippen LogP contribution in [0.2, 0.25) is 0 Å². The molecule has 0 fully saturated rings. The molecular formula is C17H16N6O2. The molecule has 8 heteroatoms. The highest BCUT2D eigenvalue weighted by Gasteiger charge is 2.12. The van der Waals surface area contributed by atoms with Gasteiger partial charge < -0.3 is 14.3 Å². The number of rotatable bonds is 6. The predicted molar refractivity (Wildman–Crippen MR) is 88.6 cm³/mol. The van der Waals surface area contributed by atoms with Gasteiger partial charge in [-0.2, -0.15) is 10.1 Å². The number of aromatic nitrogens is 5. The monoisotopic (exact) mass is 336 g/mol. The summed E-state index contributed by atoms with van der Waals surface area (Å²) in [5.74, 6) is 1.55. The first-order valence-electron chi connectivity index (χ1n) is 7.84. The summed E-state index contributed by atoms with van der Waals surface area (Å²) in [6, 6.07) is 11.8. The van der Waals surface area contributed by atoms with Gasteiger partial charge in [0.1, 0.15) is 12.7 Å². The minimum absolute atomic E-state index is 0.128. The SMILES string of the molecule is CC(NCc1nc(-c2ccco2)no1)c1ccc(-n2cncn2)cc1. The highest BCUT2D eigenvalue weighted by Crippen LogP contribution is 2.18. The molecule has 0 bridgehead atoms. The van der Waals surface area contributed by atoms with Crippen LogP contribution >= 0.6 is 0 Å².